The summed E-state index contributed by atoms with van der Waals surface area (Å²) in [6, 6.07) is 8.14. The quantitative estimate of drug-likeness (QED) is 0.911. The Labute approximate surface area is 151 Å². The summed E-state index contributed by atoms with van der Waals surface area (Å²) in [5.41, 5.74) is 2.37. The topological polar surface area (TPSA) is 49.4 Å². The second-order valence-electron chi connectivity index (χ2n) is 7.58. The molecule has 136 valence electrons. The smallest absolute Gasteiger partial charge is 0.225 e. The average Bonchev–Trinajstić information content (AvgIpc) is 2.67. The van der Waals surface area contributed by atoms with Crippen LogP contribution in [0.1, 0.15) is 56.1 Å². The minimum atomic E-state index is 0.0411. The number of hydrogen-bond acceptors (Lipinski definition) is 2. The van der Waals surface area contributed by atoms with Crippen LogP contribution in [0.5, 0.6) is 0 Å². The lowest BCUT2D eigenvalue weighted by atomic mass is 9.87. The molecule has 1 aromatic rings. The molecule has 1 saturated heterocycles. The first-order valence-electron chi connectivity index (χ1n) is 9.76. The van der Waals surface area contributed by atoms with Gasteiger partial charge in [-0.3, -0.25) is 9.59 Å². The highest BCUT2D eigenvalue weighted by molar-refractivity contribution is 5.81. The molecule has 4 nitrogen and oxygen atoms in total. The van der Waals surface area contributed by atoms with Gasteiger partial charge in [-0.25, -0.2) is 0 Å². The van der Waals surface area contributed by atoms with Crippen molar-refractivity contribution in [3.63, 3.8) is 0 Å². The normalized spacial score (nSPS) is 19.6. The van der Waals surface area contributed by atoms with E-state index in [1.54, 1.807) is 0 Å². The summed E-state index contributed by atoms with van der Waals surface area (Å²) in [5, 5.41) is 3.07. The maximum atomic E-state index is 12.6. The fourth-order valence-corrected chi connectivity index (χ4v) is 4.10. The van der Waals surface area contributed by atoms with E-state index in [4.69, 9.17) is 0 Å². The van der Waals surface area contributed by atoms with Crippen LogP contribution in [0, 0.1) is 18.8 Å². The van der Waals surface area contributed by atoms with Crippen molar-refractivity contribution >= 4 is 11.8 Å². The number of benzene rings is 1. The molecule has 25 heavy (non-hydrogen) atoms. The maximum absolute atomic E-state index is 12.6. The van der Waals surface area contributed by atoms with Crippen LogP contribution >= 0.6 is 0 Å². The fourth-order valence-electron chi connectivity index (χ4n) is 4.10. The molecule has 2 aliphatic rings. The minimum Gasteiger partial charge on any atom is -0.352 e. The van der Waals surface area contributed by atoms with Gasteiger partial charge in [-0.05, 0) is 43.7 Å². The molecule has 3 rings (SSSR count). The number of amides is 2. The number of rotatable bonds is 4. The number of hydrogen-bond donors (Lipinski definition) is 1. The molecule has 2 fully saturated rings. The SMILES string of the molecule is Cc1ccccc1CNC(=O)C1CCN(C(=O)C2CCCCC2)CC1. The number of carbonyl (C=O) groups excluding carboxylic acids is 2. The molecule has 0 spiro atoms. The van der Waals surface area contributed by atoms with E-state index in [0.29, 0.717) is 12.5 Å². The highest BCUT2D eigenvalue weighted by atomic mass is 16.2. The Bertz CT molecular complexity index is 600. The number of nitrogens with one attached hydrogen (secondary N) is 1. The molecule has 4 heteroatoms. The molecule has 1 aromatic carbocycles. The van der Waals surface area contributed by atoms with Crippen LogP contribution in [0.2, 0.25) is 0 Å². The van der Waals surface area contributed by atoms with Gasteiger partial charge in [0.2, 0.25) is 11.8 Å². The van der Waals surface area contributed by atoms with Crippen molar-refractivity contribution < 1.29 is 9.59 Å². The van der Waals surface area contributed by atoms with Crippen LogP contribution in [-0.4, -0.2) is 29.8 Å². The van der Waals surface area contributed by atoms with E-state index in [2.05, 4.69) is 24.4 Å². The number of carbonyl (C=O) groups is 2. The van der Waals surface area contributed by atoms with Crippen molar-refractivity contribution in [1.29, 1.82) is 0 Å². The number of likely N-dealkylation sites (tertiary alicyclic amines) is 1. The Balaban J connectivity index is 1.44. The van der Waals surface area contributed by atoms with Crippen molar-refractivity contribution in [3.05, 3.63) is 35.4 Å². The average molecular weight is 342 g/mol. The third-order valence-electron chi connectivity index (χ3n) is 5.85. The lowest BCUT2D eigenvalue weighted by molar-refractivity contribution is -0.140. The fraction of sp³-hybridized carbons (Fsp3) is 0.619. The Morgan fingerprint density at radius 2 is 1.68 bits per heavy atom. The summed E-state index contributed by atoms with van der Waals surface area (Å²) < 4.78 is 0. The maximum Gasteiger partial charge on any atom is 0.225 e. The number of nitrogens with zero attached hydrogens (tertiary/aromatic N) is 1. The Morgan fingerprint density at radius 1 is 1.00 bits per heavy atom. The molecule has 0 radical (unpaired) electrons. The Morgan fingerprint density at radius 3 is 2.36 bits per heavy atom. The van der Waals surface area contributed by atoms with Crippen LogP contribution in [0.25, 0.3) is 0 Å². The molecule has 2 amide bonds. The monoisotopic (exact) mass is 342 g/mol. The van der Waals surface area contributed by atoms with E-state index in [1.165, 1.54) is 30.4 Å². The third kappa shape index (κ3) is 4.62. The molecule has 0 aromatic heterocycles. The van der Waals surface area contributed by atoms with E-state index in [9.17, 15) is 9.59 Å². The van der Waals surface area contributed by atoms with E-state index in [-0.39, 0.29) is 17.7 Å². The second kappa shape index (κ2) is 8.50. The van der Waals surface area contributed by atoms with Gasteiger partial charge in [-0.15, -0.1) is 0 Å². The van der Waals surface area contributed by atoms with Crippen LogP contribution < -0.4 is 5.32 Å². The van der Waals surface area contributed by atoms with Gasteiger partial charge in [0.05, 0.1) is 0 Å². The molecule has 0 unspecified atom stereocenters. The largest absolute Gasteiger partial charge is 0.352 e. The van der Waals surface area contributed by atoms with E-state index in [0.717, 1.165) is 38.8 Å². The number of piperidine rings is 1. The van der Waals surface area contributed by atoms with Crippen molar-refractivity contribution in [2.75, 3.05) is 13.1 Å². The van der Waals surface area contributed by atoms with Gasteiger partial charge in [0, 0.05) is 31.5 Å². The zero-order valence-corrected chi connectivity index (χ0v) is 15.3. The Hall–Kier alpha value is -1.84. The summed E-state index contributed by atoms with van der Waals surface area (Å²) >= 11 is 0. The van der Waals surface area contributed by atoms with Crippen molar-refractivity contribution in [1.82, 2.24) is 10.2 Å². The molecule has 1 saturated carbocycles. The van der Waals surface area contributed by atoms with Gasteiger partial charge in [-0.2, -0.15) is 0 Å². The third-order valence-corrected chi connectivity index (χ3v) is 5.85. The summed E-state index contributed by atoms with van der Waals surface area (Å²) in [6.45, 7) is 4.12. The van der Waals surface area contributed by atoms with E-state index < -0.39 is 0 Å². The lowest BCUT2D eigenvalue weighted by Crippen LogP contribution is -2.45. The molecule has 0 atom stereocenters. The predicted octanol–water partition coefficient (Wildman–Crippen LogP) is 3.43. The number of aryl methyl sites for hydroxylation is 1. The van der Waals surface area contributed by atoms with Gasteiger partial charge < -0.3 is 10.2 Å². The van der Waals surface area contributed by atoms with Gasteiger partial charge in [0.15, 0.2) is 0 Å². The molecule has 1 aliphatic carbocycles. The molecular formula is C21H30N2O2. The van der Waals surface area contributed by atoms with Crippen LogP contribution in [0.4, 0.5) is 0 Å². The molecule has 1 aliphatic heterocycles. The summed E-state index contributed by atoms with van der Waals surface area (Å²) in [5.74, 6) is 0.742. The molecule has 1 N–H and O–H groups in total. The summed E-state index contributed by atoms with van der Waals surface area (Å²) in [4.78, 5) is 27.1. The molecule has 0 bridgehead atoms. The predicted molar refractivity (Wildman–Crippen MR) is 98.9 cm³/mol. The van der Waals surface area contributed by atoms with Crippen LogP contribution in [-0.2, 0) is 16.1 Å². The lowest BCUT2D eigenvalue weighted by Gasteiger charge is -2.34. The zero-order chi connectivity index (χ0) is 17.6. The minimum absolute atomic E-state index is 0.0411. The van der Waals surface area contributed by atoms with Gasteiger partial charge in [0.25, 0.3) is 0 Å². The summed E-state index contributed by atoms with van der Waals surface area (Å²) in [6.07, 6.45) is 7.33. The van der Waals surface area contributed by atoms with Crippen molar-refractivity contribution in [2.24, 2.45) is 11.8 Å². The van der Waals surface area contributed by atoms with Crippen molar-refractivity contribution in [2.45, 2.75) is 58.4 Å². The van der Waals surface area contributed by atoms with Crippen molar-refractivity contribution in [3.8, 4) is 0 Å². The first-order valence-corrected chi connectivity index (χ1v) is 9.76. The van der Waals surface area contributed by atoms with Crippen LogP contribution in [0.15, 0.2) is 24.3 Å². The standard InChI is InChI=1S/C21H30N2O2/c1-16-7-5-6-10-19(16)15-22-20(24)17-11-13-23(14-12-17)21(25)18-8-3-2-4-9-18/h5-7,10,17-18H,2-4,8-9,11-15H2,1H3,(H,22,24). The van der Waals surface area contributed by atoms with Crippen LogP contribution in [0.3, 0.4) is 0 Å². The molecular weight excluding hydrogens is 312 g/mol. The first-order chi connectivity index (χ1) is 12.1. The zero-order valence-electron chi connectivity index (χ0n) is 15.3. The van der Waals surface area contributed by atoms with Gasteiger partial charge in [-0.1, -0.05) is 43.5 Å². The summed E-state index contributed by atoms with van der Waals surface area (Å²) in [7, 11) is 0. The van der Waals surface area contributed by atoms with Gasteiger partial charge >= 0.3 is 0 Å². The highest BCUT2D eigenvalue weighted by Gasteiger charge is 2.31. The van der Waals surface area contributed by atoms with E-state index >= 15 is 0 Å². The Kier molecular flexibility index (Phi) is 6.11. The van der Waals surface area contributed by atoms with Gasteiger partial charge in [0.1, 0.15) is 0 Å². The highest BCUT2D eigenvalue weighted by Crippen LogP contribution is 2.27. The van der Waals surface area contributed by atoms with E-state index in [1.807, 2.05) is 17.0 Å². The molecule has 1 heterocycles. The second-order valence-corrected chi connectivity index (χ2v) is 7.58. The first kappa shape index (κ1) is 18.0.